The molecule has 0 unspecified atom stereocenters. The number of nitrogen functional groups attached to an aromatic ring is 1. The van der Waals surface area contributed by atoms with Crippen LogP contribution in [0.4, 0.5) is 15.7 Å². The van der Waals surface area contributed by atoms with Gasteiger partial charge in [-0.3, -0.25) is 5.32 Å². The van der Waals surface area contributed by atoms with E-state index >= 15 is 0 Å². The third-order valence-electron chi connectivity index (χ3n) is 4.48. The molecule has 1 saturated carbocycles. The Kier molecular flexibility index (Phi) is 5.91. The zero-order chi connectivity index (χ0) is 17.6. The molecule has 1 fully saturated rings. The first-order chi connectivity index (χ1) is 12.1. The second kappa shape index (κ2) is 8.33. The van der Waals surface area contributed by atoms with Crippen molar-refractivity contribution < 1.29 is 4.79 Å². The van der Waals surface area contributed by atoms with Gasteiger partial charge in [0.25, 0.3) is 0 Å². The first-order valence-electron chi connectivity index (χ1n) is 8.92. The molecule has 0 saturated heterocycles. The molecule has 0 aromatic carbocycles. The summed E-state index contributed by atoms with van der Waals surface area (Å²) in [7, 11) is 0. The lowest BCUT2D eigenvalue weighted by atomic mass is 9.96. The number of nitrogens with two attached hydrogens (primary N) is 1. The van der Waals surface area contributed by atoms with Crippen LogP contribution >= 0.6 is 11.3 Å². The average molecular weight is 363 g/mol. The molecule has 25 heavy (non-hydrogen) atoms. The Morgan fingerprint density at radius 3 is 2.92 bits per heavy atom. The number of urea groups is 1. The van der Waals surface area contributed by atoms with Crippen molar-refractivity contribution in [2.24, 2.45) is 0 Å². The average Bonchev–Trinajstić information content (AvgIpc) is 3.18. The molecule has 1 aliphatic rings. The number of nitrogens with zero attached hydrogens (tertiary/aromatic N) is 3. The molecule has 0 radical (unpaired) electrons. The van der Waals surface area contributed by atoms with E-state index in [0.29, 0.717) is 17.7 Å². The maximum atomic E-state index is 12.2. The van der Waals surface area contributed by atoms with Crippen molar-refractivity contribution in [3.05, 3.63) is 22.8 Å². The van der Waals surface area contributed by atoms with E-state index in [0.717, 1.165) is 42.9 Å². The highest BCUT2D eigenvalue weighted by molar-refractivity contribution is 7.13. The molecule has 2 heterocycles. The van der Waals surface area contributed by atoms with Crippen molar-refractivity contribution >= 4 is 28.3 Å². The minimum atomic E-state index is -0.185. The largest absolute Gasteiger partial charge is 0.375 e. The lowest BCUT2D eigenvalue weighted by Gasteiger charge is -2.24. The summed E-state index contributed by atoms with van der Waals surface area (Å²) < 4.78 is 1.99. The Bertz CT molecular complexity index is 704. The van der Waals surface area contributed by atoms with E-state index in [4.69, 9.17) is 5.73 Å². The summed E-state index contributed by atoms with van der Waals surface area (Å²) in [6, 6.07) is 2.15. The molecule has 0 aliphatic heterocycles. The van der Waals surface area contributed by atoms with E-state index in [1.807, 2.05) is 23.1 Å². The Morgan fingerprint density at radius 2 is 2.20 bits per heavy atom. The smallest absolute Gasteiger partial charge is 0.320 e. The lowest BCUT2D eigenvalue weighted by Crippen LogP contribution is -2.31. The minimum Gasteiger partial charge on any atom is -0.375 e. The number of aryl methyl sites for hydroxylation is 2. The standard InChI is InChI=1S/C17H26N6OS/c1-12-10-15(23(22-12)14-7-3-2-4-8-14)21-17(24)19-9-5-6-13-11-25-16(18)20-13/h10-11,14H,2-9H2,1H3,(H2,18,20)(H2,19,21,24). The maximum Gasteiger partial charge on any atom is 0.320 e. The summed E-state index contributed by atoms with van der Waals surface area (Å²) in [6.07, 6.45) is 7.67. The molecule has 2 amide bonds. The van der Waals surface area contributed by atoms with Crippen molar-refractivity contribution in [3.63, 3.8) is 0 Å². The lowest BCUT2D eigenvalue weighted by molar-refractivity contribution is 0.251. The number of aromatic nitrogens is 3. The van der Waals surface area contributed by atoms with E-state index in [9.17, 15) is 4.79 Å². The van der Waals surface area contributed by atoms with Gasteiger partial charge in [0.2, 0.25) is 0 Å². The number of hydrogen-bond acceptors (Lipinski definition) is 5. The van der Waals surface area contributed by atoms with Crippen LogP contribution in [0.1, 0.15) is 56.0 Å². The van der Waals surface area contributed by atoms with Gasteiger partial charge in [0.05, 0.1) is 17.4 Å². The van der Waals surface area contributed by atoms with Crippen molar-refractivity contribution in [1.29, 1.82) is 0 Å². The quantitative estimate of drug-likeness (QED) is 0.685. The monoisotopic (exact) mass is 362 g/mol. The molecule has 0 bridgehead atoms. The Hall–Kier alpha value is -2.09. The number of thiazole rings is 1. The van der Waals surface area contributed by atoms with Crippen LogP contribution in [0, 0.1) is 6.92 Å². The molecular formula is C17H26N6OS. The normalized spacial score (nSPS) is 15.2. The summed E-state index contributed by atoms with van der Waals surface area (Å²) in [6.45, 7) is 2.56. The second-order valence-electron chi connectivity index (χ2n) is 6.57. The summed E-state index contributed by atoms with van der Waals surface area (Å²) in [5, 5.41) is 13.0. The molecule has 0 spiro atoms. The number of anilines is 2. The third-order valence-corrected chi connectivity index (χ3v) is 5.21. The molecule has 0 atom stereocenters. The Labute approximate surface area is 152 Å². The number of hydrogen-bond donors (Lipinski definition) is 3. The summed E-state index contributed by atoms with van der Waals surface area (Å²) in [5.74, 6) is 0.786. The van der Waals surface area contributed by atoms with Gasteiger partial charge in [0, 0.05) is 18.0 Å². The van der Waals surface area contributed by atoms with Gasteiger partial charge in [-0.1, -0.05) is 19.3 Å². The molecule has 3 rings (SSSR count). The molecule has 1 aliphatic carbocycles. The fourth-order valence-electron chi connectivity index (χ4n) is 3.28. The molecule has 136 valence electrons. The first-order valence-corrected chi connectivity index (χ1v) is 9.80. The fraction of sp³-hybridized carbons (Fsp3) is 0.588. The van der Waals surface area contributed by atoms with E-state index in [-0.39, 0.29) is 6.03 Å². The van der Waals surface area contributed by atoms with E-state index < -0.39 is 0 Å². The highest BCUT2D eigenvalue weighted by Gasteiger charge is 2.20. The van der Waals surface area contributed by atoms with Crippen molar-refractivity contribution in [2.75, 3.05) is 17.6 Å². The molecule has 4 N–H and O–H groups in total. The van der Waals surface area contributed by atoms with Crippen LogP contribution < -0.4 is 16.4 Å². The van der Waals surface area contributed by atoms with Gasteiger partial charge in [-0.25, -0.2) is 14.5 Å². The van der Waals surface area contributed by atoms with Gasteiger partial charge >= 0.3 is 6.03 Å². The van der Waals surface area contributed by atoms with Crippen LogP contribution in [-0.4, -0.2) is 27.3 Å². The molecular weight excluding hydrogens is 336 g/mol. The third kappa shape index (κ3) is 4.94. The number of carbonyl (C=O) groups excluding carboxylic acids is 1. The van der Waals surface area contributed by atoms with Gasteiger partial charge in [0.1, 0.15) is 5.82 Å². The van der Waals surface area contributed by atoms with Crippen LogP contribution in [0.5, 0.6) is 0 Å². The van der Waals surface area contributed by atoms with Gasteiger partial charge in [-0.05, 0) is 32.6 Å². The zero-order valence-electron chi connectivity index (χ0n) is 14.6. The minimum absolute atomic E-state index is 0.185. The van der Waals surface area contributed by atoms with Gasteiger partial charge in [-0.2, -0.15) is 5.10 Å². The van der Waals surface area contributed by atoms with Crippen molar-refractivity contribution in [2.45, 2.75) is 57.9 Å². The molecule has 7 nitrogen and oxygen atoms in total. The number of rotatable bonds is 6. The predicted octanol–water partition coefficient (Wildman–Crippen LogP) is 3.49. The van der Waals surface area contributed by atoms with Crippen molar-refractivity contribution in [3.8, 4) is 0 Å². The van der Waals surface area contributed by atoms with Gasteiger partial charge in [0.15, 0.2) is 5.13 Å². The van der Waals surface area contributed by atoms with Crippen LogP contribution in [0.3, 0.4) is 0 Å². The molecule has 8 heteroatoms. The predicted molar refractivity (Wildman–Crippen MR) is 101 cm³/mol. The highest BCUT2D eigenvalue weighted by Crippen LogP contribution is 2.30. The Balaban J connectivity index is 1.47. The highest BCUT2D eigenvalue weighted by atomic mass is 32.1. The van der Waals surface area contributed by atoms with Crippen LogP contribution in [0.2, 0.25) is 0 Å². The van der Waals surface area contributed by atoms with Crippen LogP contribution in [0.15, 0.2) is 11.4 Å². The number of amides is 2. The van der Waals surface area contributed by atoms with E-state index in [1.165, 1.54) is 30.6 Å². The van der Waals surface area contributed by atoms with E-state index in [1.54, 1.807) is 0 Å². The summed E-state index contributed by atoms with van der Waals surface area (Å²) in [4.78, 5) is 16.4. The molecule has 2 aromatic heterocycles. The fourth-order valence-corrected chi connectivity index (χ4v) is 3.88. The van der Waals surface area contributed by atoms with Crippen molar-refractivity contribution in [1.82, 2.24) is 20.1 Å². The van der Waals surface area contributed by atoms with Crippen LogP contribution in [0.25, 0.3) is 0 Å². The number of nitrogens with one attached hydrogen (secondary N) is 2. The Morgan fingerprint density at radius 1 is 1.40 bits per heavy atom. The van der Waals surface area contributed by atoms with Gasteiger partial charge < -0.3 is 11.1 Å². The SMILES string of the molecule is Cc1cc(NC(=O)NCCCc2csc(N)n2)n(C2CCCCC2)n1. The zero-order valence-corrected chi connectivity index (χ0v) is 15.4. The maximum absolute atomic E-state index is 12.2. The topological polar surface area (TPSA) is 97.9 Å². The summed E-state index contributed by atoms with van der Waals surface area (Å²) in [5.41, 5.74) is 7.53. The first kappa shape index (κ1) is 17.7. The molecule has 2 aromatic rings. The second-order valence-corrected chi connectivity index (χ2v) is 7.46. The van der Waals surface area contributed by atoms with Crippen LogP contribution in [-0.2, 0) is 6.42 Å². The van der Waals surface area contributed by atoms with E-state index in [2.05, 4.69) is 20.7 Å². The van der Waals surface area contributed by atoms with Gasteiger partial charge in [-0.15, -0.1) is 11.3 Å². The number of carbonyl (C=O) groups is 1. The summed E-state index contributed by atoms with van der Waals surface area (Å²) >= 11 is 1.45.